The van der Waals surface area contributed by atoms with Crippen LogP contribution in [0.4, 0.5) is 4.79 Å². The lowest BCUT2D eigenvalue weighted by Crippen LogP contribution is -2.42. The summed E-state index contributed by atoms with van der Waals surface area (Å²) in [7, 11) is 1.32. The number of hydrogen-bond acceptors (Lipinski definition) is 5. The number of benzene rings is 1. The first-order chi connectivity index (χ1) is 11.2. The normalized spacial score (nSPS) is 14.9. The Labute approximate surface area is 141 Å². The molecule has 1 aliphatic rings. The van der Waals surface area contributed by atoms with Crippen molar-refractivity contribution in [3.63, 3.8) is 0 Å². The zero-order valence-corrected chi connectivity index (χ0v) is 14.3. The predicted molar refractivity (Wildman–Crippen MR) is 88.6 cm³/mol. The van der Waals surface area contributed by atoms with E-state index in [9.17, 15) is 14.4 Å². The van der Waals surface area contributed by atoms with E-state index < -0.39 is 17.7 Å². The summed E-state index contributed by atoms with van der Waals surface area (Å²) in [6.07, 6.45) is 1.00. The lowest BCUT2D eigenvalue weighted by atomic mass is 9.99. The van der Waals surface area contributed by atoms with Gasteiger partial charge in [-0.1, -0.05) is 12.1 Å². The fourth-order valence-electron chi connectivity index (χ4n) is 2.30. The van der Waals surface area contributed by atoms with Crippen LogP contribution in [0.5, 0.6) is 0 Å². The van der Waals surface area contributed by atoms with Gasteiger partial charge in [0.05, 0.1) is 25.8 Å². The van der Waals surface area contributed by atoms with Gasteiger partial charge in [-0.25, -0.2) is 9.59 Å². The van der Waals surface area contributed by atoms with E-state index in [1.165, 1.54) is 18.1 Å². The molecule has 128 valence electrons. The Balaban J connectivity index is 2.17. The van der Waals surface area contributed by atoms with Gasteiger partial charge in [0.25, 0.3) is 0 Å². The summed E-state index contributed by atoms with van der Waals surface area (Å²) in [5, 5.41) is 0. The van der Waals surface area contributed by atoms with E-state index in [1.807, 2.05) is 0 Å². The van der Waals surface area contributed by atoms with Crippen molar-refractivity contribution in [2.45, 2.75) is 26.4 Å². The van der Waals surface area contributed by atoms with Crippen molar-refractivity contribution in [1.82, 2.24) is 4.90 Å². The van der Waals surface area contributed by atoms with Crippen LogP contribution in [0.15, 0.2) is 30.3 Å². The number of rotatable bonds is 2. The molecule has 0 saturated heterocycles. The molecule has 24 heavy (non-hydrogen) atoms. The highest BCUT2D eigenvalue weighted by atomic mass is 16.6. The molecule has 0 unspecified atom stereocenters. The van der Waals surface area contributed by atoms with Crippen LogP contribution in [-0.4, -0.2) is 48.5 Å². The van der Waals surface area contributed by atoms with Crippen LogP contribution in [0, 0.1) is 0 Å². The first-order valence-corrected chi connectivity index (χ1v) is 7.59. The number of amides is 1. The minimum Gasteiger partial charge on any atom is -0.465 e. The van der Waals surface area contributed by atoms with Gasteiger partial charge < -0.3 is 9.47 Å². The van der Waals surface area contributed by atoms with E-state index in [2.05, 4.69) is 4.74 Å². The Hall–Kier alpha value is -2.63. The zero-order valence-electron chi connectivity index (χ0n) is 14.3. The monoisotopic (exact) mass is 331 g/mol. The van der Waals surface area contributed by atoms with Gasteiger partial charge in [-0.2, -0.15) is 0 Å². The van der Waals surface area contributed by atoms with E-state index in [4.69, 9.17) is 4.74 Å². The van der Waals surface area contributed by atoms with Gasteiger partial charge in [0, 0.05) is 0 Å². The second-order valence-corrected chi connectivity index (χ2v) is 6.54. The van der Waals surface area contributed by atoms with Gasteiger partial charge in [-0.05, 0) is 50.1 Å². The van der Waals surface area contributed by atoms with E-state index in [-0.39, 0.29) is 18.9 Å². The summed E-state index contributed by atoms with van der Waals surface area (Å²) in [6, 6.07) is 6.70. The Bertz CT molecular complexity index is 682. The zero-order chi connectivity index (χ0) is 17.9. The van der Waals surface area contributed by atoms with Crippen molar-refractivity contribution in [2.75, 3.05) is 20.2 Å². The summed E-state index contributed by atoms with van der Waals surface area (Å²) >= 11 is 0. The molecule has 6 nitrogen and oxygen atoms in total. The molecule has 0 N–H and O–H groups in total. The minimum atomic E-state index is -0.621. The van der Waals surface area contributed by atoms with Crippen molar-refractivity contribution in [3.05, 3.63) is 41.5 Å². The minimum absolute atomic E-state index is 0.00133. The number of methoxy groups -OCH3 is 1. The number of ketones is 1. The molecule has 0 bridgehead atoms. The highest BCUT2D eigenvalue weighted by Gasteiger charge is 2.27. The first kappa shape index (κ1) is 17.7. The number of carbonyl (C=O) groups is 3. The first-order valence-electron chi connectivity index (χ1n) is 7.59. The maximum absolute atomic E-state index is 12.2. The van der Waals surface area contributed by atoms with Crippen molar-refractivity contribution in [1.29, 1.82) is 0 Å². The Morgan fingerprint density at radius 2 is 1.71 bits per heavy atom. The molecule has 1 aromatic carbocycles. The molecule has 0 saturated carbocycles. The van der Waals surface area contributed by atoms with Crippen molar-refractivity contribution in [2.24, 2.45) is 0 Å². The molecule has 1 amide bonds. The highest BCUT2D eigenvalue weighted by molar-refractivity contribution is 6.02. The second kappa shape index (κ2) is 6.86. The number of ether oxygens (including phenoxy) is 2. The van der Waals surface area contributed by atoms with Crippen LogP contribution < -0.4 is 0 Å². The fraction of sp³-hybridized carbons (Fsp3) is 0.389. The molecule has 0 atom stereocenters. The molecule has 0 radical (unpaired) electrons. The van der Waals surface area contributed by atoms with Crippen molar-refractivity contribution < 1.29 is 23.9 Å². The van der Waals surface area contributed by atoms with Crippen molar-refractivity contribution >= 4 is 23.4 Å². The van der Waals surface area contributed by atoms with Crippen LogP contribution in [0.25, 0.3) is 5.57 Å². The average molecular weight is 331 g/mol. The Kier molecular flexibility index (Phi) is 5.07. The van der Waals surface area contributed by atoms with Gasteiger partial charge in [-0.15, -0.1) is 0 Å². The summed E-state index contributed by atoms with van der Waals surface area (Å²) in [5.41, 5.74) is 1.27. The fourth-order valence-corrected chi connectivity index (χ4v) is 2.30. The molecular weight excluding hydrogens is 310 g/mol. The summed E-state index contributed by atoms with van der Waals surface area (Å²) < 4.78 is 9.98. The molecule has 0 spiro atoms. The quantitative estimate of drug-likeness (QED) is 0.779. The van der Waals surface area contributed by atoms with E-state index >= 15 is 0 Å². The van der Waals surface area contributed by atoms with E-state index in [0.29, 0.717) is 11.1 Å². The number of carbonyl (C=O) groups excluding carboxylic acids is 3. The van der Waals surface area contributed by atoms with Crippen molar-refractivity contribution in [3.8, 4) is 0 Å². The van der Waals surface area contributed by atoms with E-state index in [0.717, 1.165) is 5.56 Å². The molecule has 2 rings (SSSR count). The van der Waals surface area contributed by atoms with Crippen LogP contribution in [0.3, 0.4) is 0 Å². The smallest absolute Gasteiger partial charge is 0.411 e. The van der Waals surface area contributed by atoms with Gasteiger partial charge in [0.1, 0.15) is 5.60 Å². The SMILES string of the molecule is COC(=O)c1ccc(C2=CC(=O)CN(C(=O)OC(C)(C)C)C2)cc1. The largest absolute Gasteiger partial charge is 0.465 e. The highest BCUT2D eigenvalue weighted by Crippen LogP contribution is 2.22. The molecule has 0 aromatic heterocycles. The summed E-state index contributed by atoms with van der Waals surface area (Å²) in [6.45, 7) is 5.60. The van der Waals surface area contributed by atoms with Crippen LogP contribution in [-0.2, 0) is 14.3 Å². The Morgan fingerprint density at radius 1 is 1.08 bits per heavy atom. The number of nitrogens with zero attached hydrogens (tertiary/aromatic N) is 1. The third kappa shape index (κ3) is 4.44. The maximum Gasteiger partial charge on any atom is 0.411 e. The second-order valence-electron chi connectivity index (χ2n) is 6.54. The van der Waals surface area contributed by atoms with Gasteiger partial charge in [-0.3, -0.25) is 9.69 Å². The average Bonchev–Trinajstić information content (AvgIpc) is 2.52. The lowest BCUT2D eigenvalue weighted by Gasteiger charge is -2.29. The maximum atomic E-state index is 12.2. The molecule has 1 aromatic rings. The predicted octanol–water partition coefficient (Wildman–Crippen LogP) is 2.68. The van der Waals surface area contributed by atoms with Crippen LogP contribution in [0.1, 0.15) is 36.7 Å². The van der Waals surface area contributed by atoms with Crippen LogP contribution >= 0.6 is 0 Å². The lowest BCUT2D eigenvalue weighted by molar-refractivity contribution is -0.116. The molecule has 1 heterocycles. The van der Waals surface area contributed by atoms with E-state index in [1.54, 1.807) is 45.0 Å². The third-order valence-electron chi connectivity index (χ3n) is 3.37. The van der Waals surface area contributed by atoms with Crippen LogP contribution in [0.2, 0.25) is 0 Å². The molecule has 1 aliphatic heterocycles. The topological polar surface area (TPSA) is 72.9 Å². The molecular formula is C18H21NO5. The van der Waals surface area contributed by atoms with Gasteiger partial charge in [0.15, 0.2) is 5.78 Å². The standard InChI is InChI=1S/C18H21NO5/c1-18(2,3)24-17(22)19-10-14(9-15(20)11-19)12-5-7-13(8-6-12)16(21)23-4/h5-9H,10-11H2,1-4H3. The van der Waals surface area contributed by atoms with Gasteiger partial charge >= 0.3 is 12.1 Å². The molecule has 0 fully saturated rings. The summed E-state index contributed by atoms with van der Waals surface area (Å²) in [4.78, 5) is 37.0. The number of esters is 1. The third-order valence-corrected chi connectivity index (χ3v) is 3.37. The number of hydrogen-bond donors (Lipinski definition) is 0. The molecule has 0 aliphatic carbocycles. The Morgan fingerprint density at radius 3 is 2.25 bits per heavy atom. The van der Waals surface area contributed by atoms with Gasteiger partial charge in [0.2, 0.25) is 0 Å². The molecule has 6 heteroatoms. The summed E-state index contributed by atoms with van der Waals surface area (Å²) in [5.74, 6) is -0.593.